The van der Waals surface area contributed by atoms with Crippen LogP contribution in [0.15, 0.2) is 54.1 Å². The maximum atomic E-state index is 11.6. The molecule has 0 bridgehead atoms. The highest BCUT2D eigenvalue weighted by molar-refractivity contribution is 5.89. The molecule has 0 aromatic heterocycles. The predicted molar refractivity (Wildman–Crippen MR) is 71.4 cm³/mol. The number of carboxylic acid groups (broad SMARTS) is 1. The first-order valence-corrected chi connectivity index (χ1v) is 5.79. The molecular formula is C15H16O4. The van der Waals surface area contributed by atoms with E-state index in [1.54, 1.807) is 0 Å². The Bertz CT molecular complexity index is 500. The fraction of sp³-hybridized carbons (Fsp3) is 0.200. The maximum Gasteiger partial charge on any atom is 0.334 e. The second-order valence-electron chi connectivity index (χ2n) is 4.06. The first-order valence-electron chi connectivity index (χ1n) is 5.79. The monoisotopic (exact) mass is 260 g/mol. The second-order valence-corrected chi connectivity index (χ2v) is 4.06. The van der Waals surface area contributed by atoms with Gasteiger partial charge in [0.1, 0.15) is 6.61 Å². The third kappa shape index (κ3) is 5.21. The van der Waals surface area contributed by atoms with Gasteiger partial charge in [0.2, 0.25) is 0 Å². The standard InChI is InChI=1S/C15H16O4/c1-11(14(16)17)8-9-12(2)15(18)19-10-13-6-4-3-5-7-13/h3-8H,2,9-10H2,1H3,(H,16,17). The van der Waals surface area contributed by atoms with Crippen LogP contribution in [-0.2, 0) is 20.9 Å². The Hall–Kier alpha value is -2.36. The van der Waals surface area contributed by atoms with Crippen LogP contribution in [0.2, 0.25) is 0 Å². The van der Waals surface area contributed by atoms with E-state index >= 15 is 0 Å². The van der Waals surface area contributed by atoms with Gasteiger partial charge in [0.05, 0.1) is 0 Å². The molecule has 0 aliphatic heterocycles. The number of allylic oxidation sites excluding steroid dienone is 1. The summed E-state index contributed by atoms with van der Waals surface area (Å²) in [7, 11) is 0. The van der Waals surface area contributed by atoms with Gasteiger partial charge in [-0.05, 0) is 18.9 Å². The van der Waals surface area contributed by atoms with Gasteiger partial charge in [-0.2, -0.15) is 0 Å². The number of ether oxygens (including phenoxy) is 1. The van der Waals surface area contributed by atoms with E-state index in [0.29, 0.717) is 0 Å². The fourth-order valence-electron chi connectivity index (χ4n) is 1.27. The molecule has 0 atom stereocenters. The molecule has 1 N–H and O–H groups in total. The van der Waals surface area contributed by atoms with Gasteiger partial charge in [0, 0.05) is 11.1 Å². The van der Waals surface area contributed by atoms with E-state index in [2.05, 4.69) is 6.58 Å². The molecule has 1 aromatic rings. The number of carbonyl (C=O) groups excluding carboxylic acids is 1. The molecule has 4 heteroatoms. The minimum Gasteiger partial charge on any atom is -0.478 e. The third-order valence-corrected chi connectivity index (χ3v) is 2.49. The van der Waals surface area contributed by atoms with Gasteiger partial charge in [0.15, 0.2) is 0 Å². The van der Waals surface area contributed by atoms with Crippen molar-refractivity contribution in [1.82, 2.24) is 0 Å². The lowest BCUT2D eigenvalue weighted by Crippen LogP contribution is -2.07. The topological polar surface area (TPSA) is 63.6 Å². The van der Waals surface area contributed by atoms with E-state index in [1.807, 2.05) is 30.3 Å². The largest absolute Gasteiger partial charge is 0.478 e. The predicted octanol–water partition coefficient (Wildman–Crippen LogP) is 2.71. The average molecular weight is 260 g/mol. The highest BCUT2D eigenvalue weighted by Crippen LogP contribution is 2.08. The minimum absolute atomic E-state index is 0.172. The Kier molecular flexibility index (Phi) is 5.54. The zero-order valence-electron chi connectivity index (χ0n) is 10.8. The summed E-state index contributed by atoms with van der Waals surface area (Å²) in [4.78, 5) is 22.2. The van der Waals surface area contributed by atoms with Crippen LogP contribution < -0.4 is 0 Å². The first-order chi connectivity index (χ1) is 9.00. The average Bonchev–Trinajstić information content (AvgIpc) is 2.42. The van der Waals surface area contributed by atoms with E-state index in [4.69, 9.17) is 9.84 Å². The summed E-state index contributed by atoms with van der Waals surface area (Å²) in [6.07, 6.45) is 1.61. The number of benzene rings is 1. The molecule has 0 amide bonds. The second kappa shape index (κ2) is 7.16. The molecule has 0 saturated carbocycles. The zero-order valence-corrected chi connectivity index (χ0v) is 10.8. The summed E-state index contributed by atoms with van der Waals surface area (Å²) >= 11 is 0. The summed E-state index contributed by atoms with van der Waals surface area (Å²) < 4.78 is 5.07. The molecule has 0 heterocycles. The Morgan fingerprint density at radius 3 is 2.53 bits per heavy atom. The van der Waals surface area contributed by atoms with Crippen molar-refractivity contribution >= 4 is 11.9 Å². The van der Waals surface area contributed by atoms with E-state index in [0.717, 1.165) is 5.56 Å². The lowest BCUT2D eigenvalue weighted by molar-refractivity contribution is -0.140. The van der Waals surface area contributed by atoms with E-state index in [-0.39, 0.29) is 24.2 Å². The number of aliphatic carboxylic acids is 1. The molecule has 0 radical (unpaired) electrons. The van der Waals surface area contributed by atoms with Crippen molar-refractivity contribution < 1.29 is 19.4 Å². The highest BCUT2D eigenvalue weighted by Gasteiger charge is 2.08. The normalized spacial score (nSPS) is 10.9. The molecule has 100 valence electrons. The molecule has 4 nitrogen and oxygen atoms in total. The smallest absolute Gasteiger partial charge is 0.334 e. The summed E-state index contributed by atoms with van der Waals surface area (Å²) in [5.74, 6) is -1.52. The van der Waals surface area contributed by atoms with Crippen molar-refractivity contribution in [1.29, 1.82) is 0 Å². The van der Waals surface area contributed by atoms with Gasteiger partial charge in [0.25, 0.3) is 0 Å². The van der Waals surface area contributed by atoms with E-state index in [9.17, 15) is 9.59 Å². The van der Waals surface area contributed by atoms with Crippen LogP contribution in [0.4, 0.5) is 0 Å². The van der Waals surface area contributed by atoms with Crippen LogP contribution in [0, 0.1) is 0 Å². The molecule has 0 aliphatic carbocycles. The molecule has 1 aromatic carbocycles. The number of carboxylic acids is 1. The summed E-state index contributed by atoms with van der Waals surface area (Å²) in [6, 6.07) is 9.30. The van der Waals surface area contributed by atoms with Gasteiger partial charge in [-0.15, -0.1) is 0 Å². The van der Waals surface area contributed by atoms with Crippen molar-refractivity contribution in [2.45, 2.75) is 20.0 Å². The van der Waals surface area contributed by atoms with Crippen molar-refractivity contribution in [3.63, 3.8) is 0 Å². The Morgan fingerprint density at radius 2 is 1.95 bits per heavy atom. The van der Waals surface area contributed by atoms with Gasteiger partial charge in [-0.1, -0.05) is 43.0 Å². The maximum absolute atomic E-state index is 11.6. The SMILES string of the molecule is C=C(CC=C(C)C(=O)O)C(=O)OCc1ccccc1. The van der Waals surface area contributed by atoms with Gasteiger partial charge >= 0.3 is 11.9 Å². The van der Waals surface area contributed by atoms with Gasteiger partial charge in [-0.3, -0.25) is 0 Å². The van der Waals surface area contributed by atoms with Crippen molar-refractivity contribution in [2.24, 2.45) is 0 Å². The zero-order chi connectivity index (χ0) is 14.3. The van der Waals surface area contributed by atoms with Crippen molar-refractivity contribution in [2.75, 3.05) is 0 Å². The Morgan fingerprint density at radius 1 is 1.32 bits per heavy atom. The number of hydrogen-bond donors (Lipinski definition) is 1. The summed E-state index contributed by atoms with van der Waals surface area (Å²) in [5.41, 5.74) is 1.30. The van der Waals surface area contributed by atoms with Crippen LogP contribution in [0.5, 0.6) is 0 Å². The molecule has 0 saturated heterocycles. The van der Waals surface area contributed by atoms with Crippen molar-refractivity contribution in [3.8, 4) is 0 Å². The first kappa shape index (κ1) is 14.7. The summed E-state index contributed by atoms with van der Waals surface area (Å²) in [5, 5.41) is 8.67. The molecule has 19 heavy (non-hydrogen) atoms. The number of rotatable bonds is 6. The van der Waals surface area contributed by atoms with Gasteiger partial charge < -0.3 is 9.84 Å². The van der Waals surface area contributed by atoms with Crippen LogP contribution in [0.1, 0.15) is 18.9 Å². The molecule has 0 unspecified atom stereocenters. The molecule has 0 aliphatic rings. The number of esters is 1. The van der Waals surface area contributed by atoms with Crippen LogP contribution >= 0.6 is 0 Å². The quantitative estimate of drug-likeness (QED) is 0.631. The van der Waals surface area contributed by atoms with Crippen LogP contribution in [0.3, 0.4) is 0 Å². The van der Waals surface area contributed by atoms with E-state index in [1.165, 1.54) is 13.0 Å². The molecule has 1 rings (SSSR count). The fourth-order valence-corrected chi connectivity index (χ4v) is 1.27. The molecule has 0 fully saturated rings. The lowest BCUT2D eigenvalue weighted by atomic mass is 10.1. The van der Waals surface area contributed by atoms with E-state index < -0.39 is 11.9 Å². The van der Waals surface area contributed by atoms with Crippen molar-refractivity contribution in [3.05, 3.63) is 59.7 Å². The lowest BCUT2D eigenvalue weighted by Gasteiger charge is -2.05. The van der Waals surface area contributed by atoms with Crippen LogP contribution in [0.25, 0.3) is 0 Å². The summed E-state index contributed by atoms with van der Waals surface area (Å²) in [6.45, 7) is 5.23. The third-order valence-electron chi connectivity index (χ3n) is 2.49. The Labute approximate surface area is 112 Å². The minimum atomic E-state index is -1.01. The van der Waals surface area contributed by atoms with Gasteiger partial charge in [-0.25, -0.2) is 9.59 Å². The van der Waals surface area contributed by atoms with Crippen LogP contribution in [-0.4, -0.2) is 17.0 Å². The Balaban J connectivity index is 2.44. The number of carbonyl (C=O) groups is 2. The molecule has 0 spiro atoms. The number of hydrogen-bond acceptors (Lipinski definition) is 3. The molecular weight excluding hydrogens is 244 g/mol. The highest BCUT2D eigenvalue weighted by atomic mass is 16.5.